The number of fused-ring (bicyclic) bond motifs is 4. The van der Waals surface area contributed by atoms with Crippen molar-refractivity contribution < 1.29 is 4.79 Å². The zero-order valence-electron chi connectivity index (χ0n) is 16.6. The number of hydrogen-bond acceptors (Lipinski definition) is 5. The molecule has 5 rings (SSSR count). The van der Waals surface area contributed by atoms with Crippen molar-refractivity contribution in [3.63, 3.8) is 0 Å². The largest absolute Gasteiger partial charge is 0.347 e. The lowest BCUT2D eigenvalue weighted by Gasteiger charge is -2.36. The Balaban J connectivity index is 1.75. The van der Waals surface area contributed by atoms with Gasteiger partial charge < -0.3 is 9.80 Å². The molecular weight excluding hydrogens is 406 g/mol. The maximum Gasteiger partial charge on any atom is 0.248 e. The lowest BCUT2D eigenvalue weighted by molar-refractivity contribution is -0.131. The molecule has 1 saturated heterocycles. The molecule has 3 aliphatic heterocycles. The van der Waals surface area contributed by atoms with Crippen molar-refractivity contribution in [3.05, 3.63) is 63.7 Å². The van der Waals surface area contributed by atoms with Gasteiger partial charge in [0.2, 0.25) is 5.91 Å². The molecule has 152 valence electrons. The fourth-order valence-electron chi connectivity index (χ4n) is 4.51. The zero-order chi connectivity index (χ0) is 20.3. The molecule has 1 aliphatic carbocycles. The predicted octanol–water partition coefficient (Wildman–Crippen LogP) is 2.45. The van der Waals surface area contributed by atoms with Crippen LogP contribution < -0.4 is 15.8 Å². The third-order valence-corrected chi connectivity index (χ3v) is 8.25. The molecule has 3 atom stereocenters. The van der Waals surface area contributed by atoms with Crippen molar-refractivity contribution in [1.29, 1.82) is 0 Å². The fourth-order valence-corrected chi connectivity index (χ4v) is 6.85. The van der Waals surface area contributed by atoms with Crippen LogP contribution in [0.25, 0.3) is 0 Å². The van der Waals surface area contributed by atoms with E-state index < -0.39 is 6.04 Å². The molecule has 3 heterocycles. The first-order valence-electron chi connectivity index (χ1n) is 9.63. The highest BCUT2D eigenvalue weighted by molar-refractivity contribution is 8.19. The number of anilines is 1. The number of rotatable bonds is 2. The number of hydrazine groups is 1. The summed E-state index contributed by atoms with van der Waals surface area (Å²) in [5.74, 6) is 0.0308. The number of nitrogens with one attached hydrogen (secondary N) is 2. The van der Waals surface area contributed by atoms with E-state index in [1.54, 1.807) is 19.0 Å². The maximum absolute atomic E-state index is 13.4. The van der Waals surface area contributed by atoms with E-state index in [0.717, 1.165) is 12.1 Å². The van der Waals surface area contributed by atoms with Crippen LogP contribution in [0.5, 0.6) is 0 Å². The van der Waals surface area contributed by atoms with Crippen LogP contribution in [0, 0.1) is 0 Å². The topological polar surface area (TPSA) is 50.9 Å². The van der Waals surface area contributed by atoms with Crippen LogP contribution in [0.1, 0.15) is 6.42 Å². The van der Waals surface area contributed by atoms with Crippen molar-refractivity contribution in [1.82, 2.24) is 20.7 Å². The SMILES string of the molecule is CN(C)C(=O)C1C2NNCN2C2=S(C)C3=C(CC=C3)C2=CN1c1ccccc1Cl. The van der Waals surface area contributed by atoms with Gasteiger partial charge in [-0.1, -0.05) is 35.9 Å². The van der Waals surface area contributed by atoms with Crippen LogP contribution in [0.4, 0.5) is 5.69 Å². The van der Waals surface area contributed by atoms with Crippen LogP contribution in [-0.2, 0) is 4.79 Å². The van der Waals surface area contributed by atoms with Gasteiger partial charge in [0.25, 0.3) is 0 Å². The molecule has 6 nitrogen and oxygen atoms in total. The standard InChI is InChI=1S/C21H24ClN5OS/c1-25(2)20(28)18-19-24-23-12-27(19)21-14(13-7-6-10-17(13)29(21)3)11-26(18)16-9-5-4-8-15(16)22/h4-6,8-11,18-19,23-24H,7,12H2,1-3H3. The number of hydrogen-bond donors (Lipinski definition) is 2. The monoisotopic (exact) mass is 429 g/mol. The van der Waals surface area contributed by atoms with Crippen LogP contribution in [-0.4, -0.2) is 59.9 Å². The van der Waals surface area contributed by atoms with Gasteiger partial charge >= 0.3 is 0 Å². The Labute approximate surface area is 178 Å². The smallest absolute Gasteiger partial charge is 0.248 e. The average molecular weight is 430 g/mol. The number of carbonyl (C=O) groups excluding carboxylic acids is 1. The van der Waals surface area contributed by atoms with Crippen LogP contribution in [0.15, 0.2) is 58.7 Å². The van der Waals surface area contributed by atoms with Crippen LogP contribution in [0.2, 0.25) is 5.02 Å². The number of likely N-dealkylation sites (N-methyl/N-ethyl adjacent to an activating group) is 1. The normalized spacial score (nSPS) is 28.3. The van der Waals surface area contributed by atoms with Crippen molar-refractivity contribution >= 4 is 38.7 Å². The molecule has 1 aromatic rings. The Kier molecular flexibility index (Phi) is 4.68. The minimum atomic E-state index is -0.457. The summed E-state index contributed by atoms with van der Waals surface area (Å²) in [5.41, 5.74) is 10.1. The number of halogens is 1. The summed E-state index contributed by atoms with van der Waals surface area (Å²) < 4.78 is 0. The van der Waals surface area contributed by atoms with Gasteiger partial charge in [-0.05, 0) is 30.4 Å². The quantitative estimate of drug-likeness (QED) is 0.707. The van der Waals surface area contributed by atoms with E-state index in [1.807, 2.05) is 24.3 Å². The Bertz CT molecular complexity index is 1030. The summed E-state index contributed by atoms with van der Waals surface area (Å²) >= 11 is 6.61. The van der Waals surface area contributed by atoms with Crippen molar-refractivity contribution in [2.75, 3.05) is 31.9 Å². The Morgan fingerprint density at radius 3 is 2.86 bits per heavy atom. The van der Waals surface area contributed by atoms with E-state index in [1.165, 1.54) is 21.0 Å². The number of benzene rings is 1. The molecule has 4 aliphatic rings. The third-order valence-electron chi connectivity index (χ3n) is 5.85. The number of para-hydroxylation sites is 1. The maximum atomic E-state index is 13.4. The number of nitrogens with zero attached hydrogens (tertiary/aromatic N) is 3. The molecule has 29 heavy (non-hydrogen) atoms. The number of carbonyl (C=O) groups is 1. The Hall–Kier alpha value is -1.90. The van der Waals surface area contributed by atoms with Crippen LogP contribution in [0.3, 0.4) is 0 Å². The lowest BCUT2D eigenvalue weighted by atomic mass is 10.1. The molecule has 3 unspecified atom stereocenters. The van der Waals surface area contributed by atoms with E-state index in [2.05, 4.69) is 45.3 Å². The molecule has 0 bridgehead atoms. The highest BCUT2D eigenvalue weighted by Crippen LogP contribution is 2.48. The lowest BCUT2D eigenvalue weighted by Crippen LogP contribution is -2.59. The fraction of sp³-hybridized carbons (Fsp3) is 0.333. The molecule has 1 amide bonds. The van der Waals surface area contributed by atoms with Crippen molar-refractivity contribution in [2.24, 2.45) is 0 Å². The first-order chi connectivity index (χ1) is 14.0. The molecule has 1 fully saturated rings. The second-order valence-electron chi connectivity index (χ2n) is 7.74. The first kappa shape index (κ1) is 19.1. The summed E-state index contributed by atoms with van der Waals surface area (Å²) in [6.45, 7) is 0.659. The molecular formula is C21H24ClN5OS. The second kappa shape index (κ2) is 7.11. The summed E-state index contributed by atoms with van der Waals surface area (Å²) in [7, 11) is 3.58. The zero-order valence-corrected chi connectivity index (χ0v) is 18.2. The molecule has 2 N–H and O–H groups in total. The van der Waals surface area contributed by atoms with Gasteiger partial charge in [0.1, 0.15) is 12.2 Å². The van der Waals surface area contributed by atoms with Gasteiger partial charge in [0.15, 0.2) is 0 Å². The van der Waals surface area contributed by atoms with Gasteiger partial charge in [0, 0.05) is 30.8 Å². The van der Waals surface area contributed by atoms with Gasteiger partial charge in [-0.25, -0.2) is 15.8 Å². The van der Waals surface area contributed by atoms with Gasteiger partial charge in [0.05, 0.1) is 22.4 Å². The minimum Gasteiger partial charge on any atom is -0.347 e. The van der Waals surface area contributed by atoms with E-state index >= 15 is 0 Å². The van der Waals surface area contributed by atoms with E-state index in [4.69, 9.17) is 11.6 Å². The molecule has 1 aromatic carbocycles. The summed E-state index contributed by atoms with van der Waals surface area (Å²) in [6, 6.07) is 7.28. The van der Waals surface area contributed by atoms with Crippen molar-refractivity contribution in [2.45, 2.75) is 18.6 Å². The summed E-state index contributed by atoms with van der Waals surface area (Å²) in [6.07, 6.45) is 9.66. The number of amides is 1. The van der Waals surface area contributed by atoms with Crippen molar-refractivity contribution in [3.8, 4) is 0 Å². The summed E-state index contributed by atoms with van der Waals surface area (Å²) in [4.78, 5) is 22.2. The van der Waals surface area contributed by atoms with E-state index in [-0.39, 0.29) is 22.6 Å². The highest BCUT2D eigenvalue weighted by atomic mass is 35.5. The Morgan fingerprint density at radius 2 is 2.10 bits per heavy atom. The number of allylic oxidation sites excluding steroid dienone is 2. The third kappa shape index (κ3) is 2.84. The first-order valence-corrected chi connectivity index (χ1v) is 11.6. The van der Waals surface area contributed by atoms with Gasteiger partial charge in [-0.2, -0.15) is 0 Å². The molecule has 0 spiro atoms. The molecule has 0 saturated carbocycles. The predicted molar refractivity (Wildman–Crippen MR) is 121 cm³/mol. The van der Waals surface area contributed by atoms with Gasteiger partial charge in [-0.3, -0.25) is 4.79 Å². The molecule has 8 heteroatoms. The van der Waals surface area contributed by atoms with Gasteiger partial charge in [-0.15, -0.1) is 10.5 Å². The summed E-state index contributed by atoms with van der Waals surface area (Å²) in [5, 5.41) is 0.633. The van der Waals surface area contributed by atoms with Crippen LogP contribution >= 0.6 is 22.1 Å². The van der Waals surface area contributed by atoms with E-state index in [9.17, 15) is 4.79 Å². The molecule has 0 radical (unpaired) electrons. The second-order valence-corrected chi connectivity index (χ2v) is 9.99. The Morgan fingerprint density at radius 1 is 1.31 bits per heavy atom. The minimum absolute atomic E-state index is 0.0295. The molecule has 0 aromatic heterocycles. The average Bonchev–Trinajstić information content (AvgIpc) is 3.39. The highest BCUT2D eigenvalue weighted by Gasteiger charge is 2.47. The van der Waals surface area contributed by atoms with E-state index in [0.29, 0.717) is 11.7 Å².